The third-order valence-electron chi connectivity index (χ3n) is 3.74. The molecule has 0 radical (unpaired) electrons. The van der Waals surface area contributed by atoms with Crippen molar-refractivity contribution in [1.82, 2.24) is 9.88 Å². The van der Waals surface area contributed by atoms with Crippen molar-refractivity contribution in [3.05, 3.63) is 68.3 Å². The maximum Gasteiger partial charge on any atom is 0.271 e. The molecule has 108 valence electrons. The molecule has 0 saturated heterocycles. The summed E-state index contributed by atoms with van der Waals surface area (Å²) in [5.74, 6) is -0.896. The number of nitrogens with one attached hydrogen (secondary N) is 1. The zero-order valence-electron chi connectivity index (χ0n) is 11.4. The average Bonchev–Trinajstić information content (AvgIpc) is 2.69. The van der Waals surface area contributed by atoms with Crippen LogP contribution in [0.4, 0.5) is 4.39 Å². The number of rotatable bonds is 1. The Labute approximate surface area is 125 Å². The summed E-state index contributed by atoms with van der Waals surface area (Å²) in [6.45, 7) is 3.27. The van der Waals surface area contributed by atoms with Crippen LogP contribution in [0.5, 0.6) is 0 Å². The zero-order chi connectivity index (χ0) is 15.4. The Bertz CT molecular complexity index is 831. The van der Waals surface area contributed by atoms with Gasteiger partial charge in [0.1, 0.15) is 17.2 Å². The van der Waals surface area contributed by atoms with E-state index < -0.39 is 17.4 Å². The van der Waals surface area contributed by atoms with Crippen LogP contribution < -0.4 is 10.9 Å². The van der Waals surface area contributed by atoms with Crippen molar-refractivity contribution in [1.29, 1.82) is 0 Å². The third-order valence-corrected chi connectivity index (χ3v) is 4.03. The molecular weight excluding hydrogens is 295 g/mol. The van der Waals surface area contributed by atoms with Crippen molar-refractivity contribution in [2.45, 2.75) is 19.5 Å². The van der Waals surface area contributed by atoms with Gasteiger partial charge >= 0.3 is 0 Å². The first-order valence-corrected chi connectivity index (χ1v) is 6.73. The summed E-state index contributed by atoms with van der Waals surface area (Å²) in [6.07, 6.45) is 0. The molecule has 1 aromatic heterocycles. The van der Waals surface area contributed by atoms with Crippen LogP contribution in [0.15, 0.2) is 35.1 Å². The lowest BCUT2D eigenvalue weighted by Gasteiger charge is -2.28. The van der Waals surface area contributed by atoms with E-state index in [0.717, 1.165) is 0 Å². The van der Waals surface area contributed by atoms with E-state index in [1.165, 1.54) is 28.8 Å². The van der Waals surface area contributed by atoms with E-state index >= 15 is 0 Å². The summed E-state index contributed by atoms with van der Waals surface area (Å²) in [6, 6.07) is 7.24. The number of carbonyl (C=O) groups excluding carboxylic acids is 1. The van der Waals surface area contributed by atoms with E-state index in [0.29, 0.717) is 11.1 Å². The molecule has 1 N–H and O–H groups in total. The summed E-state index contributed by atoms with van der Waals surface area (Å²) in [5, 5.41) is 2.92. The van der Waals surface area contributed by atoms with Crippen molar-refractivity contribution in [2.24, 2.45) is 0 Å². The van der Waals surface area contributed by atoms with E-state index in [9.17, 15) is 14.0 Å². The maximum atomic E-state index is 13.5. The van der Waals surface area contributed by atoms with Crippen molar-refractivity contribution >= 4 is 17.5 Å². The molecule has 0 fully saturated rings. The van der Waals surface area contributed by atoms with Crippen LogP contribution >= 0.6 is 11.6 Å². The van der Waals surface area contributed by atoms with Gasteiger partial charge in [-0.3, -0.25) is 14.2 Å². The monoisotopic (exact) mass is 306 g/mol. The average molecular weight is 307 g/mol. The molecule has 3 rings (SSSR count). The zero-order valence-corrected chi connectivity index (χ0v) is 12.2. The Morgan fingerprint density at radius 2 is 2.00 bits per heavy atom. The molecule has 1 unspecified atom stereocenters. The SMILES string of the molecule is Cc1cc(Cl)c2n(c1=O)C(C)(c1cccc(F)c1)NC2=O. The highest BCUT2D eigenvalue weighted by molar-refractivity contribution is 6.33. The van der Waals surface area contributed by atoms with E-state index in [1.54, 1.807) is 19.9 Å². The second-order valence-corrected chi connectivity index (χ2v) is 5.61. The van der Waals surface area contributed by atoms with E-state index in [1.807, 2.05) is 0 Å². The minimum Gasteiger partial charge on any atom is -0.324 e. The quantitative estimate of drug-likeness (QED) is 0.879. The van der Waals surface area contributed by atoms with E-state index in [-0.39, 0.29) is 16.3 Å². The Balaban J connectivity index is 2.36. The molecule has 1 aliphatic heterocycles. The highest BCUT2D eigenvalue weighted by Gasteiger charge is 2.42. The van der Waals surface area contributed by atoms with Crippen LogP contribution in [0, 0.1) is 12.7 Å². The summed E-state index contributed by atoms with van der Waals surface area (Å²) in [5.41, 5.74) is -0.513. The summed E-state index contributed by atoms with van der Waals surface area (Å²) in [4.78, 5) is 24.6. The molecule has 4 nitrogen and oxygen atoms in total. The van der Waals surface area contributed by atoms with Crippen molar-refractivity contribution in [2.75, 3.05) is 0 Å². The van der Waals surface area contributed by atoms with Crippen molar-refractivity contribution in [3.8, 4) is 0 Å². The van der Waals surface area contributed by atoms with Crippen LogP contribution in [0.25, 0.3) is 0 Å². The fourth-order valence-corrected chi connectivity index (χ4v) is 3.00. The van der Waals surface area contributed by atoms with E-state index in [4.69, 9.17) is 11.6 Å². The molecule has 0 saturated carbocycles. The van der Waals surface area contributed by atoms with Gasteiger partial charge in [0.25, 0.3) is 11.5 Å². The first-order valence-electron chi connectivity index (χ1n) is 6.36. The van der Waals surface area contributed by atoms with Gasteiger partial charge in [-0.2, -0.15) is 0 Å². The van der Waals surface area contributed by atoms with Crippen LogP contribution in [-0.4, -0.2) is 10.5 Å². The van der Waals surface area contributed by atoms with Gasteiger partial charge in [0, 0.05) is 11.1 Å². The molecular formula is C15H12ClFN2O2. The van der Waals surface area contributed by atoms with Gasteiger partial charge in [-0.15, -0.1) is 0 Å². The number of hydrogen-bond acceptors (Lipinski definition) is 2. The largest absolute Gasteiger partial charge is 0.324 e. The van der Waals surface area contributed by atoms with Gasteiger partial charge in [-0.05, 0) is 32.0 Å². The molecule has 1 aromatic carbocycles. The number of fused-ring (bicyclic) bond motifs is 1. The van der Waals surface area contributed by atoms with E-state index in [2.05, 4.69) is 5.32 Å². The van der Waals surface area contributed by atoms with Crippen molar-refractivity contribution in [3.63, 3.8) is 0 Å². The topological polar surface area (TPSA) is 51.1 Å². The van der Waals surface area contributed by atoms with Crippen LogP contribution in [0.3, 0.4) is 0 Å². The normalized spacial score (nSPS) is 20.3. The first-order chi connectivity index (χ1) is 9.84. The lowest BCUT2D eigenvalue weighted by Crippen LogP contribution is -2.46. The molecule has 0 aliphatic carbocycles. The number of carbonyl (C=O) groups is 1. The fourth-order valence-electron chi connectivity index (χ4n) is 2.67. The Hall–Kier alpha value is -2.14. The lowest BCUT2D eigenvalue weighted by atomic mass is 10.0. The second-order valence-electron chi connectivity index (χ2n) is 5.20. The van der Waals surface area contributed by atoms with Crippen LogP contribution in [0.2, 0.25) is 5.02 Å². The molecule has 6 heteroatoms. The molecule has 21 heavy (non-hydrogen) atoms. The minimum atomic E-state index is -1.17. The Morgan fingerprint density at radius 1 is 1.29 bits per heavy atom. The number of aromatic nitrogens is 1. The minimum absolute atomic E-state index is 0.0963. The highest BCUT2D eigenvalue weighted by atomic mass is 35.5. The fraction of sp³-hybridized carbons (Fsp3) is 0.200. The predicted molar refractivity (Wildman–Crippen MR) is 77.1 cm³/mol. The Morgan fingerprint density at radius 3 is 2.67 bits per heavy atom. The van der Waals surface area contributed by atoms with Gasteiger partial charge in [0.05, 0.1) is 5.02 Å². The number of benzene rings is 1. The molecule has 1 atom stereocenters. The van der Waals surface area contributed by atoms with Gasteiger partial charge in [-0.1, -0.05) is 23.7 Å². The van der Waals surface area contributed by atoms with Crippen LogP contribution in [-0.2, 0) is 5.66 Å². The summed E-state index contributed by atoms with van der Waals surface area (Å²) in [7, 11) is 0. The van der Waals surface area contributed by atoms with Gasteiger partial charge in [-0.25, -0.2) is 4.39 Å². The third kappa shape index (κ3) is 1.88. The first kappa shape index (κ1) is 13.8. The standard InChI is InChI=1S/C15H12ClFN2O2/c1-8-6-11(16)12-13(20)18-15(2,19(12)14(8)21)9-4-3-5-10(17)7-9/h3-7H,1-2H3,(H,18,20). The van der Waals surface area contributed by atoms with Gasteiger partial charge < -0.3 is 5.32 Å². The second kappa shape index (κ2) is 4.43. The Kier molecular flexibility index (Phi) is 2.92. The number of nitrogens with zero attached hydrogens (tertiary/aromatic N) is 1. The maximum absolute atomic E-state index is 13.5. The molecule has 1 aliphatic rings. The number of amides is 1. The highest BCUT2D eigenvalue weighted by Crippen LogP contribution is 2.32. The molecule has 1 amide bonds. The number of hydrogen-bond donors (Lipinski definition) is 1. The molecule has 0 spiro atoms. The molecule has 2 aromatic rings. The number of halogens is 2. The smallest absolute Gasteiger partial charge is 0.271 e. The summed E-state index contributed by atoms with van der Waals surface area (Å²) >= 11 is 6.09. The predicted octanol–water partition coefficient (Wildman–Crippen LogP) is 2.41. The van der Waals surface area contributed by atoms with Gasteiger partial charge in [0.2, 0.25) is 0 Å². The molecule has 0 bridgehead atoms. The number of aryl methyl sites for hydroxylation is 1. The number of pyridine rings is 1. The summed E-state index contributed by atoms with van der Waals surface area (Å²) < 4.78 is 14.8. The lowest BCUT2D eigenvalue weighted by molar-refractivity contribution is 0.0941. The molecule has 2 heterocycles. The van der Waals surface area contributed by atoms with Crippen molar-refractivity contribution < 1.29 is 9.18 Å². The van der Waals surface area contributed by atoms with Crippen LogP contribution in [0.1, 0.15) is 28.5 Å². The van der Waals surface area contributed by atoms with Gasteiger partial charge in [0.15, 0.2) is 0 Å².